The Hall–Kier alpha value is -1.85. The molecule has 0 spiro atoms. The molecule has 0 bridgehead atoms. The van der Waals surface area contributed by atoms with Crippen molar-refractivity contribution in [3.05, 3.63) is 46.7 Å². The standard InChI is InChI=1S/C12H13ClN4O/c13-10-2-1-3-11(9(10)4-5-14)17-7-8(6-16-17)12(15)18/h1-3,6-7H,4-5,14H2,(H2,15,18). The topological polar surface area (TPSA) is 86.9 Å². The van der Waals surface area contributed by atoms with Crippen molar-refractivity contribution in [1.29, 1.82) is 0 Å². The van der Waals surface area contributed by atoms with Gasteiger partial charge in [-0.1, -0.05) is 17.7 Å². The molecule has 94 valence electrons. The van der Waals surface area contributed by atoms with Crippen LogP contribution in [0.1, 0.15) is 15.9 Å². The van der Waals surface area contributed by atoms with E-state index in [1.54, 1.807) is 16.9 Å². The van der Waals surface area contributed by atoms with Gasteiger partial charge in [0.1, 0.15) is 0 Å². The number of amides is 1. The van der Waals surface area contributed by atoms with E-state index in [-0.39, 0.29) is 0 Å². The van der Waals surface area contributed by atoms with Crippen LogP contribution in [-0.4, -0.2) is 22.2 Å². The van der Waals surface area contributed by atoms with E-state index in [1.165, 1.54) is 6.20 Å². The summed E-state index contributed by atoms with van der Waals surface area (Å²) in [4.78, 5) is 11.0. The van der Waals surface area contributed by atoms with Crippen molar-refractivity contribution in [2.24, 2.45) is 11.5 Å². The summed E-state index contributed by atoms with van der Waals surface area (Å²) in [5, 5.41) is 4.74. The first-order chi connectivity index (χ1) is 8.63. The zero-order chi connectivity index (χ0) is 13.1. The van der Waals surface area contributed by atoms with Crippen LogP contribution in [0.2, 0.25) is 5.02 Å². The smallest absolute Gasteiger partial charge is 0.251 e. The summed E-state index contributed by atoms with van der Waals surface area (Å²) in [6.07, 6.45) is 3.64. The van der Waals surface area contributed by atoms with Crippen LogP contribution in [0.5, 0.6) is 0 Å². The molecule has 0 saturated heterocycles. The van der Waals surface area contributed by atoms with Crippen LogP contribution >= 0.6 is 11.6 Å². The monoisotopic (exact) mass is 264 g/mol. The van der Waals surface area contributed by atoms with Crippen LogP contribution in [0.3, 0.4) is 0 Å². The summed E-state index contributed by atoms with van der Waals surface area (Å²) in [5.74, 6) is -0.511. The molecule has 6 heteroatoms. The second kappa shape index (κ2) is 5.20. The summed E-state index contributed by atoms with van der Waals surface area (Å²) < 4.78 is 1.58. The number of benzene rings is 1. The Morgan fingerprint density at radius 2 is 2.22 bits per heavy atom. The number of carbonyl (C=O) groups excluding carboxylic acids is 1. The van der Waals surface area contributed by atoms with Gasteiger partial charge in [0.05, 0.1) is 17.4 Å². The Balaban J connectivity index is 2.49. The number of nitrogens with two attached hydrogens (primary N) is 2. The molecule has 2 aromatic rings. The molecule has 1 amide bonds. The van der Waals surface area contributed by atoms with E-state index < -0.39 is 5.91 Å². The number of halogens is 1. The van der Waals surface area contributed by atoms with Gasteiger partial charge in [0, 0.05) is 11.2 Å². The van der Waals surface area contributed by atoms with E-state index >= 15 is 0 Å². The van der Waals surface area contributed by atoms with E-state index in [2.05, 4.69) is 5.10 Å². The maximum atomic E-state index is 11.0. The van der Waals surface area contributed by atoms with Crippen LogP contribution in [-0.2, 0) is 6.42 Å². The lowest BCUT2D eigenvalue weighted by Crippen LogP contribution is -2.10. The van der Waals surface area contributed by atoms with Crippen molar-refractivity contribution in [1.82, 2.24) is 9.78 Å². The van der Waals surface area contributed by atoms with E-state index in [4.69, 9.17) is 23.1 Å². The van der Waals surface area contributed by atoms with Gasteiger partial charge < -0.3 is 11.5 Å². The second-order valence-electron chi connectivity index (χ2n) is 3.81. The molecule has 0 unspecified atom stereocenters. The van der Waals surface area contributed by atoms with E-state index in [0.29, 0.717) is 23.6 Å². The number of aromatic nitrogens is 2. The average molecular weight is 265 g/mol. The largest absolute Gasteiger partial charge is 0.366 e. The Bertz CT molecular complexity index is 579. The summed E-state index contributed by atoms with van der Waals surface area (Å²) >= 11 is 6.14. The van der Waals surface area contributed by atoms with Gasteiger partial charge in [0.15, 0.2) is 0 Å². The summed E-state index contributed by atoms with van der Waals surface area (Å²) in [6.45, 7) is 0.487. The maximum absolute atomic E-state index is 11.0. The van der Waals surface area contributed by atoms with Crippen molar-refractivity contribution in [2.45, 2.75) is 6.42 Å². The summed E-state index contributed by atoms with van der Waals surface area (Å²) in [6, 6.07) is 5.49. The normalized spacial score (nSPS) is 10.6. The maximum Gasteiger partial charge on any atom is 0.251 e. The molecule has 0 atom stereocenters. The van der Waals surface area contributed by atoms with Gasteiger partial charge in [0.2, 0.25) is 0 Å². The zero-order valence-corrected chi connectivity index (χ0v) is 10.4. The third kappa shape index (κ3) is 2.37. The second-order valence-corrected chi connectivity index (χ2v) is 4.22. The molecule has 1 aromatic carbocycles. The molecule has 0 radical (unpaired) electrons. The van der Waals surface area contributed by atoms with Gasteiger partial charge in [0.25, 0.3) is 5.91 Å². The summed E-state index contributed by atoms with van der Waals surface area (Å²) in [5.41, 5.74) is 12.8. The highest BCUT2D eigenvalue weighted by Crippen LogP contribution is 2.23. The molecule has 5 nitrogen and oxygen atoms in total. The number of rotatable bonds is 4. The Labute approximate surface area is 109 Å². The minimum Gasteiger partial charge on any atom is -0.366 e. The van der Waals surface area contributed by atoms with Gasteiger partial charge in [-0.25, -0.2) is 4.68 Å². The number of hydrogen-bond donors (Lipinski definition) is 2. The molecule has 1 heterocycles. The average Bonchev–Trinajstić information content (AvgIpc) is 2.81. The molecule has 0 aliphatic heterocycles. The SMILES string of the molecule is NCCc1c(Cl)cccc1-n1cc(C(N)=O)cn1. The van der Waals surface area contributed by atoms with Crippen molar-refractivity contribution in [3.8, 4) is 5.69 Å². The fourth-order valence-corrected chi connectivity index (χ4v) is 2.00. The van der Waals surface area contributed by atoms with Crippen LogP contribution < -0.4 is 11.5 Å². The molecule has 0 fully saturated rings. The van der Waals surface area contributed by atoms with Crippen LogP contribution in [0.25, 0.3) is 5.69 Å². The van der Waals surface area contributed by atoms with Gasteiger partial charge in [-0.3, -0.25) is 4.79 Å². The molecule has 18 heavy (non-hydrogen) atoms. The minimum atomic E-state index is -0.511. The van der Waals surface area contributed by atoms with Gasteiger partial charge in [-0.05, 0) is 30.7 Å². The Morgan fingerprint density at radius 1 is 1.44 bits per heavy atom. The van der Waals surface area contributed by atoms with Crippen LogP contribution in [0, 0.1) is 0 Å². The van der Waals surface area contributed by atoms with Crippen LogP contribution in [0.15, 0.2) is 30.6 Å². The van der Waals surface area contributed by atoms with Gasteiger partial charge in [-0.15, -0.1) is 0 Å². The lowest BCUT2D eigenvalue weighted by atomic mass is 10.1. The van der Waals surface area contributed by atoms with Crippen molar-refractivity contribution in [2.75, 3.05) is 6.54 Å². The Morgan fingerprint density at radius 3 is 2.83 bits per heavy atom. The zero-order valence-electron chi connectivity index (χ0n) is 9.64. The lowest BCUT2D eigenvalue weighted by molar-refractivity contribution is 0.100. The fraction of sp³-hybridized carbons (Fsp3) is 0.167. The van der Waals surface area contributed by atoms with E-state index in [1.807, 2.05) is 12.1 Å². The first-order valence-corrected chi connectivity index (χ1v) is 5.83. The molecular formula is C12H13ClN4O. The highest BCUT2D eigenvalue weighted by molar-refractivity contribution is 6.31. The predicted octanol–water partition coefficient (Wildman–Crippen LogP) is 1.13. The first-order valence-electron chi connectivity index (χ1n) is 5.45. The lowest BCUT2D eigenvalue weighted by Gasteiger charge is -2.10. The van der Waals surface area contributed by atoms with E-state index in [9.17, 15) is 4.79 Å². The molecular weight excluding hydrogens is 252 g/mol. The third-order valence-electron chi connectivity index (χ3n) is 2.60. The number of hydrogen-bond acceptors (Lipinski definition) is 3. The number of primary amides is 1. The predicted molar refractivity (Wildman–Crippen MR) is 69.9 cm³/mol. The van der Waals surface area contributed by atoms with Crippen LogP contribution in [0.4, 0.5) is 0 Å². The highest BCUT2D eigenvalue weighted by Gasteiger charge is 2.11. The molecule has 0 saturated carbocycles. The molecule has 4 N–H and O–H groups in total. The van der Waals surface area contributed by atoms with Gasteiger partial charge >= 0.3 is 0 Å². The molecule has 1 aromatic heterocycles. The molecule has 0 aliphatic carbocycles. The van der Waals surface area contributed by atoms with Crippen molar-refractivity contribution >= 4 is 17.5 Å². The summed E-state index contributed by atoms with van der Waals surface area (Å²) in [7, 11) is 0. The number of nitrogens with zero attached hydrogens (tertiary/aromatic N) is 2. The highest BCUT2D eigenvalue weighted by atomic mass is 35.5. The van der Waals surface area contributed by atoms with Crippen molar-refractivity contribution in [3.63, 3.8) is 0 Å². The van der Waals surface area contributed by atoms with E-state index in [0.717, 1.165) is 11.3 Å². The first kappa shape index (κ1) is 12.6. The number of carbonyl (C=O) groups is 1. The van der Waals surface area contributed by atoms with Gasteiger partial charge in [-0.2, -0.15) is 5.10 Å². The molecule has 2 rings (SSSR count). The Kier molecular flexibility index (Phi) is 3.64. The quantitative estimate of drug-likeness (QED) is 0.868. The minimum absolute atomic E-state index is 0.355. The molecule has 0 aliphatic rings. The third-order valence-corrected chi connectivity index (χ3v) is 2.96. The van der Waals surface area contributed by atoms with Crippen molar-refractivity contribution < 1.29 is 4.79 Å². The fourth-order valence-electron chi connectivity index (χ4n) is 1.74.